The van der Waals surface area contributed by atoms with Crippen LogP contribution in [0, 0.1) is 0 Å². The summed E-state index contributed by atoms with van der Waals surface area (Å²) in [6.45, 7) is 3.56. The number of sulfonamides is 1. The lowest BCUT2D eigenvalue weighted by molar-refractivity contribution is 0.0952. The Kier molecular flexibility index (Phi) is 5.91. The minimum absolute atomic E-state index is 0.0261. The Balaban J connectivity index is 1.79. The van der Waals surface area contributed by atoms with Crippen LogP contribution in [0.3, 0.4) is 0 Å². The molecule has 1 aliphatic carbocycles. The number of rotatable bonds is 8. The number of hydrogen-bond acceptors (Lipinski definition) is 4. The zero-order valence-corrected chi connectivity index (χ0v) is 16.0. The van der Waals surface area contributed by atoms with E-state index < -0.39 is 15.9 Å². The van der Waals surface area contributed by atoms with Crippen molar-refractivity contribution in [2.45, 2.75) is 23.8 Å². The van der Waals surface area contributed by atoms with Gasteiger partial charge in [0.2, 0.25) is 10.0 Å². The van der Waals surface area contributed by atoms with Gasteiger partial charge in [-0.1, -0.05) is 24.3 Å². The lowest BCUT2D eigenvalue weighted by atomic mass is 10.1. The maximum Gasteiger partial charge on any atom is 0.255 e. The standard InChI is InChI=1S/C20H21N3O4S/c1-2-12-21-28(26,27)16-7-5-6-14(13-16)19(24)23-18-9-4-3-8-17(18)20(25)22-15-10-11-15/h2-9,13,15,21H,1,10-12H2,(H,22,25)(H,23,24). The van der Waals surface area contributed by atoms with Crippen LogP contribution in [0.2, 0.25) is 0 Å². The SMILES string of the molecule is C=CCNS(=O)(=O)c1cccc(C(=O)Nc2ccccc2C(=O)NC2CC2)c1. The van der Waals surface area contributed by atoms with Crippen LogP contribution >= 0.6 is 0 Å². The van der Waals surface area contributed by atoms with Crippen molar-refractivity contribution in [3.05, 3.63) is 72.3 Å². The minimum atomic E-state index is -3.74. The molecular formula is C20H21N3O4S. The highest BCUT2D eigenvalue weighted by molar-refractivity contribution is 7.89. The molecule has 0 saturated heterocycles. The van der Waals surface area contributed by atoms with E-state index in [0.717, 1.165) is 12.8 Å². The molecule has 8 heteroatoms. The van der Waals surface area contributed by atoms with E-state index in [9.17, 15) is 18.0 Å². The molecule has 0 heterocycles. The maximum absolute atomic E-state index is 12.6. The van der Waals surface area contributed by atoms with Gasteiger partial charge < -0.3 is 10.6 Å². The molecule has 0 atom stereocenters. The highest BCUT2D eigenvalue weighted by Crippen LogP contribution is 2.22. The van der Waals surface area contributed by atoms with Crippen LogP contribution in [0.4, 0.5) is 5.69 Å². The molecule has 0 unspecified atom stereocenters. The summed E-state index contributed by atoms with van der Waals surface area (Å²) in [6.07, 6.45) is 3.35. The number of benzene rings is 2. The third-order valence-corrected chi connectivity index (χ3v) is 5.58. The van der Waals surface area contributed by atoms with Gasteiger partial charge in [-0.05, 0) is 43.2 Å². The lowest BCUT2D eigenvalue weighted by Crippen LogP contribution is -2.27. The van der Waals surface area contributed by atoms with E-state index in [1.807, 2.05) is 0 Å². The first-order valence-electron chi connectivity index (χ1n) is 8.82. The molecule has 2 aromatic carbocycles. The Hall–Kier alpha value is -2.97. The van der Waals surface area contributed by atoms with Gasteiger partial charge in [0.15, 0.2) is 0 Å². The number of para-hydroxylation sites is 1. The number of hydrogen-bond donors (Lipinski definition) is 3. The molecule has 0 spiro atoms. The molecule has 28 heavy (non-hydrogen) atoms. The summed E-state index contributed by atoms with van der Waals surface area (Å²) in [7, 11) is -3.74. The van der Waals surface area contributed by atoms with Crippen LogP contribution in [0.5, 0.6) is 0 Å². The van der Waals surface area contributed by atoms with Crippen LogP contribution in [-0.2, 0) is 10.0 Å². The summed E-state index contributed by atoms with van der Waals surface area (Å²) < 4.78 is 26.8. The molecule has 2 aromatic rings. The largest absolute Gasteiger partial charge is 0.349 e. The van der Waals surface area contributed by atoms with Gasteiger partial charge in [-0.15, -0.1) is 6.58 Å². The summed E-state index contributed by atoms with van der Waals surface area (Å²) in [5.41, 5.74) is 0.891. The second-order valence-corrected chi connectivity index (χ2v) is 8.18. The summed E-state index contributed by atoms with van der Waals surface area (Å²) >= 11 is 0. The van der Waals surface area contributed by atoms with E-state index in [0.29, 0.717) is 11.3 Å². The predicted molar refractivity (Wildman–Crippen MR) is 107 cm³/mol. The van der Waals surface area contributed by atoms with Crippen molar-refractivity contribution in [2.75, 3.05) is 11.9 Å². The second-order valence-electron chi connectivity index (χ2n) is 6.42. The average Bonchev–Trinajstić information content (AvgIpc) is 3.51. The van der Waals surface area contributed by atoms with E-state index in [2.05, 4.69) is 21.9 Å². The van der Waals surface area contributed by atoms with Gasteiger partial charge >= 0.3 is 0 Å². The summed E-state index contributed by atoms with van der Waals surface area (Å²) in [4.78, 5) is 25.0. The Morgan fingerprint density at radius 2 is 1.82 bits per heavy atom. The second kappa shape index (κ2) is 8.37. The summed E-state index contributed by atoms with van der Waals surface area (Å²) in [5.74, 6) is -0.754. The fourth-order valence-electron chi connectivity index (χ4n) is 2.53. The van der Waals surface area contributed by atoms with Gasteiger partial charge in [-0.3, -0.25) is 9.59 Å². The molecule has 1 aliphatic rings. The third-order valence-electron chi connectivity index (χ3n) is 4.16. The van der Waals surface area contributed by atoms with Crippen molar-refractivity contribution in [2.24, 2.45) is 0 Å². The number of nitrogens with one attached hydrogen (secondary N) is 3. The highest BCUT2D eigenvalue weighted by atomic mass is 32.2. The van der Waals surface area contributed by atoms with E-state index in [-0.39, 0.29) is 29.0 Å². The molecule has 0 aliphatic heterocycles. The van der Waals surface area contributed by atoms with Crippen molar-refractivity contribution in [3.8, 4) is 0 Å². The quantitative estimate of drug-likeness (QED) is 0.593. The highest BCUT2D eigenvalue weighted by Gasteiger charge is 2.25. The van der Waals surface area contributed by atoms with Crippen molar-refractivity contribution in [1.29, 1.82) is 0 Å². The van der Waals surface area contributed by atoms with E-state index in [1.165, 1.54) is 30.3 Å². The zero-order chi connectivity index (χ0) is 20.1. The van der Waals surface area contributed by atoms with Crippen LogP contribution in [0.25, 0.3) is 0 Å². The van der Waals surface area contributed by atoms with Crippen LogP contribution in [0.15, 0.2) is 66.1 Å². The molecule has 1 saturated carbocycles. The van der Waals surface area contributed by atoms with Gasteiger partial charge in [0.05, 0.1) is 16.1 Å². The molecule has 3 N–H and O–H groups in total. The van der Waals surface area contributed by atoms with Crippen molar-refractivity contribution in [1.82, 2.24) is 10.0 Å². The van der Waals surface area contributed by atoms with E-state index in [4.69, 9.17) is 0 Å². The molecule has 0 radical (unpaired) electrons. The van der Waals surface area contributed by atoms with E-state index >= 15 is 0 Å². The van der Waals surface area contributed by atoms with Crippen molar-refractivity contribution >= 4 is 27.5 Å². The van der Waals surface area contributed by atoms with Gasteiger partial charge in [0, 0.05) is 18.2 Å². The molecule has 2 amide bonds. The molecule has 7 nitrogen and oxygen atoms in total. The first kappa shape index (κ1) is 19.8. The third kappa shape index (κ3) is 4.85. The topological polar surface area (TPSA) is 104 Å². The number of anilines is 1. The van der Waals surface area contributed by atoms with Crippen molar-refractivity contribution < 1.29 is 18.0 Å². The summed E-state index contributed by atoms with van der Waals surface area (Å²) in [5, 5.41) is 5.58. The van der Waals surface area contributed by atoms with Crippen LogP contribution in [-0.4, -0.2) is 32.8 Å². The van der Waals surface area contributed by atoms with Gasteiger partial charge in [-0.25, -0.2) is 13.1 Å². The normalized spacial score (nSPS) is 13.6. The predicted octanol–water partition coefficient (Wildman–Crippen LogP) is 2.30. The van der Waals surface area contributed by atoms with Crippen molar-refractivity contribution in [3.63, 3.8) is 0 Å². The molecule has 3 rings (SSSR count). The van der Waals surface area contributed by atoms with E-state index in [1.54, 1.807) is 24.3 Å². The fourth-order valence-corrected chi connectivity index (χ4v) is 3.58. The van der Waals surface area contributed by atoms with Gasteiger partial charge in [0.1, 0.15) is 0 Å². The average molecular weight is 399 g/mol. The number of amides is 2. The Labute approximate surface area is 163 Å². The molecule has 146 valence electrons. The first-order valence-corrected chi connectivity index (χ1v) is 10.3. The first-order chi connectivity index (χ1) is 13.4. The van der Waals surface area contributed by atoms with Gasteiger partial charge in [-0.2, -0.15) is 0 Å². The summed E-state index contributed by atoms with van der Waals surface area (Å²) in [6, 6.07) is 12.6. The zero-order valence-electron chi connectivity index (χ0n) is 15.1. The lowest BCUT2D eigenvalue weighted by Gasteiger charge is -2.12. The molecule has 0 aromatic heterocycles. The van der Waals surface area contributed by atoms with Crippen LogP contribution in [0.1, 0.15) is 33.6 Å². The Morgan fingerprint density at radius 1 is 1.07 bits per heavy atom. The fraction of sp³-hybridized carbons (Fsp3) is 0.200. The van der Waals surface area contributed by atoms with Gasteiger partial charge in [0.25, 0.3) is 11.8 Å². The number of carbonyl (C=O) groups is 2. The minimum Gasteiger partial charge on any atom is -0.349 e. The monoisotopic (exact) mass is 399 g/mol. The van der Waals surface area contributed by atoms with Crippen LogP contribution < -0.4 is 15.4 Å². The smallest absolute Gasteiger partial charge is 0.255 e. The Morgan fingerprint density at radius 3 is 2.54 bits per heavy atom. The molecule has 0 bridgehead atoms. The maximum atomic E-state index is 12.6. The Bertz CT molecular complexity index is 1010. The molecule has 1 fully saturated rings. The number of carbonyl (C=O) groups excluding carboxylic acids is 2. The molecular weight excluding hydrogens is 378 g/mol.